The molecule has 2 amide bonds. The van der Waals surface area contributed by atoms with Crippen LogP contribution < -0.4 is 15.4 Å². The second-order valence-electron chi connectivity index (χ2n) is 4.43. The Labute approximate surface area is 140 Å². The molecular weight excluding hydrogens is 366 g/mol. The van der Waals surface area contributed by atoms with Crippen LogP contribution in [0.15, 0.2) is 46.9 Å². The number of nitrogens with zero attached hydrogens (tertiary/aromatic N) is 1. The zero-order chi connectivity index (χ0) is 16.8. The minimum Gasteiger partial charge on any atom is -0.493 e. The third-order valence-electron chi connectivity index (χ3n) is 2.84. The normalized spacial score (nSPS) is 10.0. The zero-order valence-corrected chi connectivity index (χ0v) is 13.8. The van der Waals surface area contributed by atoms with E-state index in [-0.39, 0.29) is 11.4 Å². The molecule has 8 heteroatoms. The first-order valence-electron chi connectivity index (χ1n) is 6.75. The number of hydrogen-bond acceptors (Lipinski definition) is 4. The number of rotatable bonds is 5. The van der Waals surface area contributed by atoms with Gasteiger partial charge in [-0.25, -0.2) is 4.79 Å². The average molecular weight is 380 g/mol. The van der Waals surface area contributed by atoms with Crippen LogP contribution in [0.1, 0.15) is 6.92 Å². The molecule has 0 spiro atoms. The van der Waals surface area contributed by atoms with Crippen LogP contribution >= 0.6 is 15.9 Å². The second kappa shape index (κ2) is 7.59. The highest BCUT2D eigenvalue weighted by atomic mass is 79.9. The van der Waals surface area contributed by atoms with Crippen molar-refractivity contribution in [2.75, 3.05) is 17.2 Å². The van der Waals surface area contributed by atoms with Crippen molar-refractivity contribution in [2.24, 2.45) is 0 Å². The number of halogens is 1. The van der Waals surface area contributed by atoms with E-state index in [0.29, 0.717) is 22.5 Å². The standard InChI is InChI=1S/C15H14BrN3O4/c1-2-23-14-8-7-10(9-11(14)16)17-15(20)18-12-5-3-4-6-13(12)19(21)22/h3-9H,2H2,1H3,(H2,17,18,20). The van der Waals surface area contributed by atoms with E-state index in [1.165, 1.54) is 18.2 Å². The van der Waals surface area contributed by atoms with Crippen LogP contribution in [0.25, 0.3) is 0 Å². The van der Waals surface area contributed by atoms with E-state index in [2.05, 4.69) is 26.6 Å². The second-order valence-corrected chi connectivity index (χ2v) is 5.29. The van der Waals surface area contributed by atoms with E-state index in [9.17, 15) is 14.9 Å². The summed E-state index contributed by atoms with van der Waals surface area (Å²) in [6, 6.07) is 10.4. The van der Waals surface area contributed by atoms with Gasteiger partial charge >= 0.3 is 6.03 Å². The maximum absolute atomic E-state index is 12.0. The third kappa shape index (κ3) is 4.43. The Morgan fingerprint density at radius 2 is 2.00 bits per heavy atom. The number of nitro benzene ring substituents is 1. The molecule has 0 aliphatic carbocycles. The Hall–Kier alpha value is -2.61. The first kappa shape index (κ1) is 16.8. The number of hydrogen-bond donors (Lipinski definition) is 2. The number of para-hydroxylation sites is 2. The smallest absolute Gasteiger partial charge is 0.323 e. The SMILES string of the molecule is CCOc1ccc(NC(=O)Nc2ccccc2[N+](=O)[O-])cc1Br. The molecule has 2 N–H and O–H groups in total. The van der Waals surface area contributed by atoms with Gasteiger partial charge in [-0.05, 0) is 47.1 Å². The van der Waals surface area contributed by atoms with Crippen molar-refractivity contribution in [3.63, 3.8) is 0 Å². The summed E-state index contributed by atoms with van der Waals surface area (Å²) in [5.74, 6) is 0.664. The fraction of sp³-hybridized carbons (Fsp3) is 0.133. The molecule has 7 nitrogen and oxygen atoms in total. The quantitative estimate of drug-likeness (QED) is 0.594. The van der Waals surface area contributed by atoms with Gasteiger partial charge in [0, 0.05) is 11.8 Å². The lowest BCUT2D eigenvalue weighted by atomic mass is 10.2. The van der Waals surface area contributed by atoms with Crippen molar-refractivity contribution in [2.45, 2.75) is 6.92 Å². The number of nitrogens with one attached hydrogen (secondary N) is 2. The van der Waals surface area contributed by atoms with Gasteiger partial charge in [0.1, 0.15) is 11.4 Å². The minimum atomic E-state index is -0.574. The van der Waals surface area contributed by atoms with E-state index in [4.69, 9.17) is 4.74 Å². The number of ether oxygens (including phenoxy) is 1. The lowest BCUT2D eigenvalue weighted by molar-refractivity contribution is -0.383. The molecule has 0 atom stereocenters. The molecule has 2 rings (SSSR count). The minimum absolute atomic E-state index is 0.125. The van der Waals surface area contributed by atoms with Gasteiger partial charge in [0.05, 0.1) is 16.0 Å². The first-order valence-corrected chi connectivity index (χ1v) is 7.54. The predicted octanol–water partition coefficient (Wildman–Crippen LogP) is 4.40. The van der Waals surface area contributed by atoms with Crippen LogP contribution in [0.4, 0.5) is 21.9 Å². The van der Waals surface area contributed by atoms with Crippen molar-refractivity contribution in [1.82, 2.24) is 0 Å². The number of urea groups is 1. The molecule has 0 fully saturated rings. The molecule has 0 saturated heterocycles. The summed E-state index contributed by atoms with van der Waals surface area (Å²) in [5.41, 5.74) is 0.479. The third-order valence-corrected chi connectivity index (χ3v) is 3.46. The summed E-state index contributed by atoms with van der Waals surface area (Å²) < 4.78 is 6.08. The van der Waals surface area contributed by atoms with Crippen LogP contribution in [-0.2, 0) is 0 Å². The molecule has 0 aliphatic heterocycles. The fourth-order valence-electron chi connectivity index (χ4n) is 1.87. The molecule has 0 bridgehead atoms. The Balaban J connectivity index is 2.08. The van der Waals surface area contributed by atoms with Crippen LogP contribution in [0.3, 0.4) is 0 Å². The van der Waals surface area contributed by atoms with Gasteiger partial charge in [0.15, 0.2) is 0 Å². The van der Waals surface area contributed by atoms with E-state index < -0.39 is 11.0 Å². The summed E-state index contributed by atoms with van der Waals surface area (Å²) in [6.07, 6.45) is 0. The lowest BCUT2D eigenvalue weighted by Gasteiger charge is -2.10. The van der Waals surface area contributed by atoms with E-state index >= 15 is 0 Å². The molecule has 0 saturated carbocycles. The highest BCUT2D eigenvalue weighted by Crippen LogP contribution is 2.28. The fourth-order valence-corrected chi connectivity index (χ4v) is 2.37. The monoisotopic (exact) mass is 379 g/mol. The highest BCUT2D eigenvalue weighted by Gasteiger charge is 2.15. The average Bonchev–Trinajstić information content (AvgIpc) is 2.50. The number of benzene rings is 2. The van der Waals surface area contributed by atoms with Gasteiger partial charge < -0.3 is 15.4 Å². The van der Waals surface area contributed by atoms with Gasteiger partial charge in [0.2, 0.25) is 0 Å². The van der Waals surface area contributed by atoms with Crippen LogP contribution in [0.5, 0.6) is 5.75 Å². The molecular formula is C15H14BrN3O4. The molecule has 0 aromatic heterocycles. The van der Waals surface area contributed by atoms with Crippen molar-refractivity contribution >= 4 is 39.0 Å². The maximum atomic E-state index is 12.0. The molecule has 0 aliphatic rings. The summed E-state index contributed by atoms with van der Waals surface area (Å²) >= 11 is 3.35. The maximum Gasteiger partial charge on any atom is 0.323 e. The Kier molecular flexibility index (Phi) is 5.53. The summed E-state index contributed by atoms with van der Waals surface area (Å²) in [4.78, 5) is 22.4. The summed E-state index contributed by atoms with van der Waals surface area (Å²) in [5, 5.41) is 16.0. The molecule has 120 valence electrons. The number of nitro groups is 1. The molecule has 23 heavy (non-hydrogen) atoms. The van der Waals surface area contributed by atoms with Crippen molar-refractivity contribution < 1.29 is 14.5 Å². The Morgan fingerprint density at radius 3 is 2.65 bits per heavy atom. The van der Waals surface area contributed by atoms with Crippen LogP contribution in [0, 0.1) is 10.1 Å². The Morgan fingerprint density at radius 1 is 1.26 bits per heavy atom. The Bertz CT molecular complexity index is 736. The van der Waals surface area contributed by atoms with Gasteiger partial charge in [-0.3, -0.25) is 10.1 Å². The van der Waals surface area contributed by atoms with Crippen molar-refractivity contribution in [1.29, 1.82) is 0 Å². The van der Waals surface area contributed by atoms with Gasteiger partial charge in [0.25, 0.3) is 5.69 Å². The zero-order valence-electron chi connectivity index (χ0n) is 12.2. The van der Waals surface area contributed by atoms with E-state index in [1.807, 2.05) is 6.92 Å². The molecule has 2 aromatic carbocycles. The number of anilines is 2. The molecule has 0 radical (unpaired) electrons. The van der Waals surface area contributed by atoms with E-state index in [0.717, 1.165) is 0 Å². The highest BCUT2D eigenvalue weighted by molar-refractivity contribution is 9.10. The van der Waals surface area contributed by atoms with Gasteiger partial charge in [-0.1, -0.05) is 12.1 Å². The van der Waals surface area contributed by atoms with E-state index in [1.54, 1.807) is 24.3 Å². The number of carbonyl (C=O) groups is 1. The van der Waals surface area contributed by atoms with Gasteiger partial charge in [-0.15, -0.1) is 0 Å². The molecule has 2 aromatic rings. The van der Waals surface area contributed by atoms with Crippen molar-refractivity contribution in [3.05, 3.63) is 57.1 Å². The topological polar surface area (TPSA) is 93.5 Å². The number of carbonyl (C=O) groups excluding carboxylic acids is 1. The lowest BCUT2D eigenvalue weighted by Crippen LogP contribution is -2.20. The van der Waals surface area contributed by atoms with Crippen molar-refractivity contribution in [3.8, 4) is 5.75 Å². The van der Waals surface area contributed by atoms with Crippen LogP contribution in [0.2, 0.25) is 0 Å². The largest absolute Gasteiger partial charge is 0.493 e. The van der Waals surface area contributed by atoms with Gasteiger partial charge in [-0.2, -0.15) is 0 Å². The van der Waals surface area contributed by atoms with Crippen LogP contribution in [-0.4, -0.2) is 17.6 Å². The number of amides is 2. The predicted molar refractivity (Wildman–Crippen MR) is 91.0 cm³/mol. The molecule has 0 heterocycles. The molecule has 0 unspecified atom stereocenters. The summed E-state index contributed by atoms with van der Waals surface area (Å²) in [6.45, 7) is 2.41. The first-order chi connectivity index (χ1) is 11.0. The summed E-state index contributed by atoms with van der Waals surface area (Å²) in [7, 11) is 0.